The molecule has 0 unspecified atom stereocenters. The molecule has 0 radical (unpaired) electrons. The summed E-state index contributed by atoms with van der Waals surface area (Å²) in [7, 11) is 0. The van der Waals surface area contributed by atoms with Gasteiger partial charge in [-0.25, -0.2) is 0 Å². The van der Waals surface area contributed by atoms with Gasteiger partial charge in [0.15, 0.2) is 0 Å². The van der Waals surface area contributed by atoms with Crippen molar-refractivity contribution in [1.29, 1.82) is 0 Å². The van der Waals surface area contributed by atoms with Gasteiger partial charge in [0.25, 0.3) is 0 Å². The lowest BCUT2D eigenvalue weighted by molar-refractivity contribution is 0.122. The monoisotopic (exact) mass is 268 g/mol. The first-order chi connectivity index (χ1) is 9.83. The number of rotatable bonds is 3. The highest BCUT2D eigenvalue weighted by molar-refractivity contribution is 5.66. The number of nitrogens with zero attached hydrogens (tertiary/aromatic N) is 1. The molecule has 0 amide bonds. The molecule has 3 rings (SSSR count). The van der Waals surface area contributed by atoms with Crippen LogP contribution in [-0.2, 0) is 4.74 Å². The van der Waals surface area contributed by atoms with Crippen LogP contribution in [0.1, 0.15) is 5.56 Å². The number of benzene rings is 2. The zero-order valence-corrected chi connectivity index (χ0v) is 11.8. The van der Waals surface area contributed by atoms with Crippen molar-refractivity contribution in [3.63, 3.8) is 0 Å². The maximum Gasteiger partial charge on any atom is 0.0642 e. The fourth-order valence-electron chi connectivity index (χ4n) is 2.48. The maximum atomic E-state index is 5.40. The third kappa shape index (κ3) is 2.94. The van der Waals surface area contributed by atoms with E-state index in [4.69, 9.17) is 4.74 Å². The molecule has 20 heavy (non-hydrogen) atoms. The van der Waals surface area contributed by atoms with Gasteiger partial charge in [-0.15, -0.1) is 0 Å². The molecule has 3 heteroatoms. The van der Waals surface area contributed by atoms with Crippen molar-refractivity contribution < 1.29 is 4.74 Å². The van der Waals surface area contributed by atoms with Gasteiger partial charge in [0.1, 0.15) is 0 Å². The summed E-state index contributed by atoms with van der Waals surface area (Å²) in [4.78, 5) is 2.38. The lowest BCUT2D eigenvalue weighted by atomic mass is 10.1. The van der Waals surface area contributed by atoms with Crippen LogP contribution in [0, 0.1) is 6.92 Å². The summed E-state index contributed by atoms with van der Waals surface area (Å²) in [6.07, 6.45) is 0. The highest BCUT2D eigenvalue weighted by atomic mass is 16.5. The van der Waals surface area contributed by atoms with E-state index >= 15 is 0 Å². The number of hydrogen-bond acceptors (Lipinski definition) is 3. The van der Waals surface area contributed by atoms with E-state index < -0.39 is 0 Å². The van der Waals surface area contributed by atoms with Crippen LogP contribution in [0.2, 0.25) is 0 Å². The number of ether oxygens (including phenoxy) is 1. The maximum absolute atomic E-state index is 5.40. The highest BCUT2D eigenvalue weighted by Gasteiger charge is 2.12. The first kappa shape index (κ1) is 13.0. The van der Waals surface area contributed by atoms with Crippen LogP contribution < -0.4 is 10.2 Å². The second-order valence-corrected chi connectivity index (χ2v) is 5.09. The molecule has 2 aromatic rings. The highest BCUT2D eigenvalue weighted by Crippen LogP contribution is 2.25. The Morgan fingerprint density at radius 2 is 1.75 bits per heavy atom. The Bertz CT molecular complexity index is 562. The molecule has 1 heterocycles. The molecule has 2 aromatic carbocycles. The van der Waals surface area contributed by atoms with Gasteiger partial charge in [-0.2, -0.15) is 0 Å². The predicted molar refractivity (Wildman–Crippen MR) is 83.9 cm³/mol. The molecule has 1 fully saturated rings. The van der Waals surface area contributed by atoms with Crippen molar-refractivity contribution in [1.82, 2.24) is 0 Å². The van der Waals surface area contributed by atoms with Gasteiger partial charge in [0.2, 0.25) is 0 Å². The standard InChI is InChI=1S/C17H20N2O/c1-14-13-16(19-9-11-20-12-10-19)7-8-17(14)18-15-5-3-2-4-6-15/h2-8,13,18H,9-12H2,1H3. The quantitative estimate of drug-likeness (QED) is 0.921. The Labute approximate surface area is 120 Å². The summed E-state index contributed by atoms with van der Waals surface area (Å²) in [6, 6.07) is 16.9. The molecule has 1 aliphatic heterocycles. The number of para-hydroxylation sites is 1. The summed E-state index contributed by atoms with van der Waals surface area (Å²) in [5.74, 6) is 0. The summed E-state index contributed by atoms with van der Waals surface area (Å²) < 4.78 is 5.40. The number of hydrogen-bond donors (Lipinski definition) is 1. The smallest absolute Gasteiger partial charge is 0.0642 e. The van der Waals surface area contributed by atoms with E-state index in [1.807, 2.05) is 18.2 Å². The Morgan fingerprint density at radius 3 is 2.45 bits per heavy atom. The Hall–Kier alpha value is -2.00. The summed E-state index contributed by atoms with van der Waals surface area (Å²) in [5, 5.41) is 3.46. The van der Waals surface area contributed by atoms with E-state index in [1.54, 1.807) is 0 Å². The lowest BCUT2D eigenvalue weighted by Crippen LogP contribution is -2.36. The second-order valence-electron chi connectivity index (χ2n) is 5.09. The molecule has 0 bridgehead atoms. The molecule has 1 aliphatic rings. The van der Waals surface area contributed by atoms with Gasteiger partial charge in [-0.1, -0.05) is 18.2 Å². The Kier molecular flexibility index (Phi) is 3.88. The average molecular weight is 268 g/mol. The molecule has 0 saturated carbocycles. The van der Waals surface area contributed by atoms with Crippen molar-refractivity contribution >= 4 is 17.1 Å². The van der Waals surface area contributed by atoms with Crippen LogP contribution >= 0.6 is 0 Å². The number of morpholine rings is 1. The fourth-order valence-corrected chi connectivity index (χ4v) is 2.48. The molecule has 0 aliphatic carbocycles. The van der Waals surface area contributed by atoms with Gasteiger partial charge in [-0.05, 0) is 42.8 Å². The number of nitrogens with one attached hydrogen (secondary N) is 1. The third-order valence-electron chi connectivity index (χ3n) is 3.64. The van der Waals surface area contributed by atoms with E-state index in [-0.39, 0.29) is 0 Å². The topological polar surface area (TPSA) is 24.5 Å². The van der Waals surface area contributed by atoms with E-state index in [1.165, 1.54) is 11.3 Å². The molecule has 3 nitrogen and oxygen atoms in total. The number of aryl methyl sites for hydroxylation is 1. The van der Waals surface area contributed by atoms with Crippen LogP contribution in [0.3, 0.4) is 0 Å². The van der Waals surface area contributed by atoms with Crippen LogP contribution in [-0.4, -0.2) is 26.3 Å². The Balaban J connectivity index is 1.77. The van der Waals surface area contributed by atoms with Crippen molar-refractivity contribution in [2.45, 2.75) is 6.92 Å². The SMILES string of the molecule is Cc1cc(N2CCOCC2)ccc1Nc1ccccc1. The van der Waals surface area contributed by atoms with Gasteiger partial charge >= 0.3 is 0 Å². The fraction of sp³-hybridized carbons (Fsp3) is 0.294. The molecule has 0 spiro atoms. The van der Waals surface area contributed by atoms with Crippen LogP contribution in [0.5, 0.6) is 0 Å². The van der Waals surface area contributed by atoms with Crippen molar-refractivity contribution in [3.8, 4) is 0 Å². The first-order valence-electron chi connectivity index (χ1n) is 7.08. The van der Waals surface area contributed by atoms with Crippen molar-refractivity contribution in [3.05, 3.63) is 54.1 Å². The minimum Gasteiger partial charge on any atom is -0.378 e. The molecule has 104 valence electrons. The molecular weight excluding hydrogens is 248 g/mol. The molecular formula is C17H20N2O. The van der Waals surface area contributed by atoms with Gasteiger partial charge in [0.05, 0.1) is 13.2 Å². The van der Waals surface area contributed by atoms with E-state index in [0.717, 1.165) is 37.7 Å². The summed E-state index contributed by atoms with van der Waals surface area (Å²) in [5.41, 5.74) is 4.82. The van der Waals surface area contributed by atoms with E-state index in [2.05, 4.69) is 47.5 Å². The third-order valence-corrected chi connectivity index (χ3v) is 3.64. The van der Waals surface area contributed by atoms with Crippen molar-refractivity contribution in [2.75, 3.05) is 36.5 Å². The molecule has 0 aromatic heterocycles. The van der Waals surface area contributed by atoms with Gasteiger partial charge < -0.3 is 15.0 Å². The summed E-state index contributed by atoms with van der Waals surface area (Å²) in [6.45, 7) is 5.75. The minimum atomic E-state index is 0.822. The van der Waals surface area contributed by atoms with E-state index in [0.29, 0.717) is 0 Å². The minimum absolute atomic E-state index is 0.822. The zero-order valence-electron chi connectivity index (χ0n) is 11.8. The van der Waals surface area contributed by atoms with Crippen molar-refractivity contribution in [2.24, 2.45) is 0 Å². The molecule has 0 atom stereocenters. The Morgan fingerprint density at radius 1 is 1.00 bits per heavy atom. The lowest BCUT2D eigenvalue weighted by Gasteiger charge is -2.29. The molecule has 1 saturated heterocycles. The predicted octanol–water partition coefficient (Wildman–Crippen LogP) is 3.58. The van der Waals surface area contributed by atoms with Crippen LogP contribution in [0.25, 0.3) is 0 Å². The molecule has 1 N–H and O–H groups in total. The average Bonchev–Trinajstić information content (AvgIpc) is 2.51. The van der Waals surface area contributed by atoms with Crippen LogP contribution in [0.15, 0.2) is 48.5 Å². The largest absolute Gasteiger partial charge is 0.378 e. The number of anilines is 3. The van der Waals surface area contributed by atoms with Gasteiger partial charge in [-0.3, -0.25) is 0 Å². The first-order valence-corrected chi connectivity index (χ1v) is 7.08. The zero-order chi connectivity index (χ0) is 13.8. The normalized spacial score (nSPS) is 15.2. The second kappa shape index (κ2) is 5.97. The summed E-state index contributed by atoms with van der Waals surface area (Å²) >= 11 is 0. The van der Waals surface area contributed by atoms with E-state index in [9.17, 15) is 0 Å². The van der Waals surface area contributed by atoms with Gasteiger partial charge in [0, 0.05) is 30.2 Å². The van der Waals surface area contributed by atoms with Crippen LogP contribution in [0.4, 0.5) is 17.1 Å².